The van der Waals surface area contributed by atoms with Crippen molar-refractivity contribution in [3.05, 3.63) is 71.4 Å². The van der Waals surface area contributed by atoms with E-state index in [1.54, 1.807) is 16.0 Å². The maximum absolute atomic E-state index is 12.9. The van der Waals surface area contributed by atoms with Crippen LogP contribution in [0.15, 0.2) is 60.7 Å². The molecule has 1 aliphatic heterocycles. The fourth-order valence-electron chi connectivity index (χ4n) is 4.21. The van der Waals surface area contributed by atoms with Crippen LogP contribution in [0.25, 0.3) is 15.9 Å². The second kappa shape index (κ2) is 8.61. The van der Waals surface area contributed by atoms with Gasteiger partial charge in [-0.1, -0.05) is 30.3 Å². The lowest BCUT2D eigenvalue weighted by atomic mass is 9.99. The number of hydrogen-bond donors (Lipinski definition) is 1. The number of nitrogens with zero attached hydrogens (tertiary/aromatic N) is 4. The van der Waals surface area contributed by atoms with Gasteiger partial charge in [-0.25, -0.2) is 9.67 Å². The molecule has 0 aliphatic carbocycles. The number of carbonyl (C=O) groups excluding carboxylic acids is 1. The summed E-state index contributed by atoms with van der Waals surface area (Å²) in [5.41, 5.74) is 2.87. The van der Waals surface area contributed by atoms with Crippen molar-refractivity contribution in [1.29, 1.82) is 0 Å². The Balaban J connectivity index is 1.26. The number of nitrogens with one attached hydrogen (secondary N) is 1. The average Bonchev–Trinajstić information content (AvgIpc) is 3.38. The molecule has 6 nitrogen and oxygen atoms in total. The van der Waals surface area contributed by atoms with Gasteiger partial charge in [-0.2, -0.15) is 5.10 Å². The van der Waals surface area contributed by atoms with Gasteiger partial charge in [0.1, 0.15) is 5.82 Å². The highest BCUT2D eigenvalue weighted by Gasteiger charge is 2.25. The SMILES string of the molecule is Cc1cc(NC(=O)CN2CCC[C@@H](c3nc4ccccc4s3)C2)n(-c2ccccc2)n1. The van der Waals surface area contributed by atoms with Crippen LogP contribution in [0.1, 0.15) is 29.5 Å². The largest absolute Gasteiger partial charge is 0.309 e. The Kier molecular flexibility index (Phi) is 5.53. The molecule has 1 N–H and O–H groups in total. The minimum Gasteiger partial charge on any atom is -0.309 e. The molecule has 5 rings (SSSR count). The van der Waals surface area contributed by atoms with Gasteiger partial charge in [-0.15, -0.1) is 11.3 Å². The van der Waals surface area contributed by atoms with Gasteiger partial charge in [0.05, 0.1) is 33.2 Å². The van der Waals surface area contributed by atoms with Crippen LogP contribution in [-0.2, 0) is 4.79 Å². The second-order valence-corrected chi connectivity index (χ2v) is 9.12. The van der Waals surface area contributed by atoms with Crippen LogP contribution in [0.3, 0.4) is 0 Å². The Morgan fingerprint density at radius 1 is 1.16 bits per heavy atom. The van der Waals surface area contributed by atoms with Crippen LogP contribution in [-0.4, -0.2) is 45.2 Å². The smallest absolute Gasteiger partial charge is 0.239 e. The Morgan fingerprint density at radius 3 is 2.81 bits per heavy atom. The van der Waals surface area contributed by atoms with Crippen molar-refractivity contribution in [2.45, 2.75) is 25.7 Å². The maximum atomic E-state index is 12.9. The molecule has 1 aliphatic rings. The topological polar surface area (TPSA) is 63.1 Å². The van der Waals surface area contributed by atoms with Gasteiger partial charge in [0.25, 0.3) is 0 Å². The van der Waals surface area contributed by atoms with Gasteiger partial charge in [0.2, 0.25) is 5.91 Å². The maximum Gasteiger partial charge on any atom is 0.239 e. The van der Waals surface area contributed by atoms with E-state index in [1.165, 1.54) is 9.71 Å². The van der Waals surface area contributed by atoms with E-state index in [0.29, 0.717) is 18.3 Å². The first-order chi connectivity index (χ1) is 15.2. The van der Waals surface area contributed by atoms with Gasteiger partial charge in [-0.3, -0.25) is 9.69 Å². The monoisotopic (exact) mass is 431 g/mol. The Morgan fingerprint density at radius 2 is 1.97 bits per heavy atom. The van der Waals surface area contributed by atoms with Crippen molar-refractivity contribution in [3.8, 4) is 5.69 Å². The van der Waals surface area contributed by atoms with Crippen molar-refractivity contribution in [2.24, 2.45) is 0 Å². The lowest BCUT2D eigenvalue weighted by Gasteiger charge is -2.31. The lowest BCUT2D eigenvalue weighted by molar-refractivity contribution is -0.117. The molecule has 3 heterocycles. The van der Waals surface area contributed by atoms with Crippen LogP contribution in [0.2, 0.25) is 0 Å². The molecule has 7 heteroatoms. The zero-order chi connectivity index (χ0) is 21.2. The normalized spacial score (nSPS) is 17.1. The summed E-state index contributed by atoms with van der Waals surface area (Å²) >= 11 is 1.78. The third kappa shape index (κ3) is 4.38. The van der Waals surface area contributed by atoms with Crippen LogP contribution in [0.4, 0.5) is 5.82 Å². The molecule has 0 bridgehead atoms. The molecule has 0 radical (unpaired) electrons. The zero-order valence-corrected chi connectivity index (χ0v) is 18.3. The third-order valence-electron chi connectivity index (χ3n) is 5.63. The number of aryl methyl sites for hydroxylation is 1. The van der Waals surface area contributed by atoms with Crippen molar-refractivity contribution < 1.29 is 4.79 Å². The molecular weight excluding hydrogens is 406 g/mol. The molecule has 0 unspecified atom stereocenters. The summed E-state index contributed by atoms with van der Waals surface area (Å²) in [6.07, 6.45) is 2.20. The molecule has 1 atom stereocenters. The molecule has 1 saturated heterocycles. The number of carbonyl (C=O) groups is 1. The highest BCUT2D eigenvalue weighted by Crippen LogP contribution is 2.32. The standard InChI is InChI=1S/C24H25N5OS/c1-17-14-22(29(27-17)19-9-3-2-4-10-19)26-23(30)16-28-13-7-8-18(15-28)24-25-20-11-5-6-12-21(20)31-24/h2-6,9-12,14,18H,7-8,13,15-16H2,1H3,(H,26,30)/t18-/m1/s1. The van der Waals surface area contributed by atoms with Crippen LogP contribution < -0.4 is 5.32 Å². The summed E-state index contributed by atoms with van der Waals surface area (Å²) in [7, 11) is 0. The summed E-state index contributed by atoms with van der Waals surface area (Å²) in [6, 6.07) is 20.1. The van der Waals surface area contributed by atoms with E-state index >= 15 is 0 Å². The Bertz CT molecular complexity index is 1170. The van der Waals surface area contributed by atoms with E-state index in [9.17, 15) is 4.79 Å². The fraction of sp³-hybridized carbons (Fsp3) is 0.292. The quantitative estimate of drug-likeness (QED) is 0.501. The average molecular weight is 432 g/mol. The number of rotatable bonds is 5. The molecule has 0 saturated carbocycles. The van der Waals surface area contributed by atoms with Gasteiger partial charge in [-0.05, 0) is 50.6 Å². The second-order valence-electron chi connectivity index (χ2n) is 8.06. The van der Waals surface area contributed by atoms with Crippen molar-refractivity contribution >= 4 is 33.3 Å². The highest BCUT2D eigenvalue weighted by atomic mass is 32.1. The summed E-state index contributed by atoms with van der Waals surface area (Å²) in [4.78, 5) is 19.9. The predicted molar refractivity (Wildman–Crippen MR) is 125 cm³/mol. The van der Waals surface area contributed by atoms with Crippen molar-refractivity contribution in [3.63, 3.8) is 0 Å². The first-order valence-corrected chi connectivity index (χ1v) is 11.5. The third-order valence-corrected chi connectivity index (χ3v) is 6.83. The molecule has 4 aromatic rings. The van der Waals surface area contributed by atoms with Crippen LogP contribution in [0, 0.1) is 6.92 Å². The van der Waals surface area contributed by atoms with Gasteiger partial charge in [0.15, 0.2) is 0 Å². The van der Waals surface area contributed by atoms with E-state index < -0.39 is 0 Å². The van der Waals surface area contributed by atoms with Crippen LogP contribution >= 0.6 is 11.3 Å². The zero-order valence-electron chi connectivity index (χ0n) is 17.5. The summed E-state index contributed by atoms with van der Waals surface area (Å²) in [6.45, 7) is 4.11. The summed E-state index contributed by atoms with van der Waals surface area (Å²) < 4.78 is 3.02. The number of hydrogen-bond acceptors (Lipinski definition) is 5. The molecular formula is C24H25N5OS. The fourth-order valence-corrected chi connectivity index (χ4v) is 5.30. The molecule has 2 aromatic heterocycles. The molecule has 31 heavy (non-hydrogen) atoms. The Labute approximate surface area is 185 Å². The molecule has 158 valence electrons. The van der Waals surface area contributed by atoms with Crippen molar-refractivity contribution in [2.75, 3.05) is 25.0 Å². The summed E-state index contributed by atoms with van der Waals surface area (Å²) in [5.74, 6) is 1.08. The highest BCUT2D eigenvalue weighted by molar-refractivity contribution is 7.18. The number of fused-ring (bicyclic) bond motifs is 1. The summed E-state index contributed by atoms with van der Waals surface area (Å²) in [5, 5.41) is 8.78. The molecule has 2 aromatic carbocycles. The van der Waals surface area contributed by atoms with E-state index in [2.05, 4.69) is 33.5 Å². The minimum absolute atomic E-state index is 0.0120. The van der Waals surface area contributed by atoms with E-state index in [0.717, 1.165) is 42.8 Å². The Hall–Kier alpha value is -3.03. The number of thiazole rings is 1. The predicted octanol–water partition coefficient (Wildman–Crippen LogP) is 4.61. The first kappa shape index (κ1) is 19.9. The molecule has 0 spiro atoms. The van der Waals surface area contributed by atoms with E-state index in [1.807, 2.05) is 49.4 Å². The molecule has 1 fully saturated rings. The molecule has 1 amide bonds. The number of amides is 1. The van der Waals surface area contributed by atoms with Crippen molar-refractivity contribution in [1.82, 2.24) is 19.7 Å². The minimum atomic E-state index is -0.0120. The number of anilines is 1. The first-order valence-electron chi connectivity index (χ1n) is 10.7. The number of likely N-dealkylation sites (tertiary alicyclic amines) is 1. The number of piperidine rings is 1. The van der Waals surface area contributed by atoms with Gasteiger partial charge < -0.3 is 5.32 Å². The number of benzene rings is 2. The number of aromatic nitrogens is 3. The van der Waals surface area contributed by atoms with Crippen LogP contribution in [0.5, 0.6) is 0 Å². The van der Waals surface area contributed by atoms with Gasteiger partial charge >= 0.3 is 0 Å². The number of para-hydroxylation sites is 2. The van der Waals surface area contributed by atoms with E-state index in [-0.39, 0.29) is 5.91 Å². The lowest BCUT2D eigenvalue weighted by Crippen LogP contribution is -2.40. The van der Waals surface area contributed by atoms with E-state index in [4.69, 9.17) is 4.98 Å². The van der Waals surface area contributed by atoms with Gasteiger partial charge in [0, 0.05) is 18.5 Å².